The van der Waals surface area contributed by atoms with Crippen molar-refractivity contribution >= 4 is 17.1 Å². The van der Waals surface area contributed by atoms with E-state index in [0.29, 0.717) is 255 Å². The smallest absolute Gasteiger partial charge is 0.113 e. The Morgan fingerprint density at radius 3 is 0.548 bits per heavy atom. The Bertz CT molecular complexity index is 2750. The summed E-state index contributed by atoms with van der Waals surface area (Å²) in [6.45, 7) is 19.3. The van der Waals surface area contributed by atoms with Crippen LogP contribution in [0.5, 0.6) is 0 Å². The third-order valence-electron chi connectivity index (χ3n) is 15.2. The molecule has 27 heteroatoms. The van der Waals surface area contributed by atoms with Gasteiger partial charge in [-0.05, 0) is 91.0 Å². The fourth-order valence-corrected chi connectivity index (χ4v) is 10.2. The molecule has 6 heterocycles. The Hall–Kier alpha value is -6.90. The fraction of sp³-hybridized carbons (Fsp3) is 0.545. The zero-order chi connectivity index (χ0) is 63.4. The van der Waals surface area contributed by atoms with Gasteiger partial charge in [-0.25, -0.2) is 14.0 Å². The quantitative estimate of drug-likeness (QED) is 0.182. The Morgan fingerprint density at radius 1 is 0.204 bits per heavy atom. The molecule has 504 valence electrons. The second-order valence-electron chi connectivity index (χ2n) is 21.6. The minimum Gasteiger partial charge on any atom is -0.377 e. The maximum absolute atomic E-state index is 5.95. The molecule has 4 aromatic carbocycles. The molecule has 0 amide bonds. The number of benzene rings is 4. The van der Waals surface area contributed by atoms with Crippen molar-refractivity contribution in [1.82, 2.24) is 45.0 Å². The molecule has 7 aromatic rings. The number of hydrogen-bond acceptors (Lipinski definition) is 24. The standard InChI is InChI=1S/C66H90N12O15/c1-7-61(8-2-58(1)73-13-19-79-25-31-85-37-43-91-44-38-86-32-26-80-20-14-73)76-52-64(67-70-76)55-49-56(65-53-77(71-68-65)62-9-3-59(4-10-62)74-15-21-81-27-33-87-39-45-92-46-40-88-34-28-82-22-16-74)51-57(50-55)66-54-78(72-69-66)63-11-5-60(6-12-63)75-17-23-83-29-35-89-41-47-93-48-42-90-36-30-84-24-18-75/h1-12,49-54H,13-48H2. The predicted octanol–water partition coefficient (Wildman–Crippen LogP) is 5.14. The third-order valence-corrected chi connectivity index (χ3v) is 15.2. The molecule has 3 fully saturated rings. The predicted molar refractivity (Wildman–Crippen MR) is 346 cm³/mol. The first-order valence-electron chi connectivity index (χ1n) is 32.4. The molecule has 0 N–H and O–H groups in total. The van der Waals surface area contributed by atoms with E-state index in [-0.39, 0.29) is 0 Å². The number of hydrogen-bond donors (Lipinski definition) is 0. The molecule has 10 rings (SSSR count). The van der Waals surface area contributed by atoms with Crippen LogP contribution in [0.1, 0.15) is 0 Å². The van der Waals surface area contributed by atoms with Crippen LogP contribution >= 0.6 is 0 Å². The molecular weight excluding hydrogens is 1200 g/mol. The minimum absolute atomic E-state index is 0.495. The summed E-state index contributed by atoms with van der Waals surface area (Å²) in [6.07, 6.45) is 5.78. The second kappa shape index (κ2) is 40.4. The average Bonchev–Trinajstić information content (AvgIpc) is 1.79. The molecule has 3 saturated heterocycles. The van der Waals surface area contributed by atoms with E-state index in [2.05, 4.69) is 66.7 Å². The van der Waals surface area contributed by atoms with Crippen molar-refractivity contribution in [2.45, 2.75) is 0 Å². The number of nitrogens with zero attached hydrogens (tertiary/aromatic N) is 12. The van der Waals surface area contributed by atoms with Gasteiger partial charge in [-0.1, -0.05) is 15.6 Å². The highest BCUT2D eigenvalue weighted by Crippen LogP contribution is 2.32. The summed E-state index contributed by atoms with van der Waals surface area (Å²) < 4.78 is 91.8. The van der Waals surface area contributed by atoms with Crippen molar-refractivity contribution in [3.63, 3.8) is 0 Å². The molecule has 0 radical (unpaired) electrons. The monoisotopic (exact) mass is 1290 g/mol. The maximum atomic E-state index is 5.95. The van der Waals surface area contributed by atoms with Crippen molar-refractivity contribution in [3.8, 4) is 50.8 Å². The van der Waals surface area contributed by atoms with Gasteiger partial charge >= 0.3 is 0 Å². The van der Waals surface area contributed by atoms with Gasteiger partial charge in [0.05, 0.1) is 234 Å². The van der Waals surface area contributed by atoms with Crippen LogP contribution in [-0.2, 0) is 71.1 Å². The fourth-order valence-electron chi connectivity index (χ4n) is 10.2. The molecular formula is C66H90N12O15. The molecule has 0 unspecified atom stereocenters. The number of aromatic nitrogens is 9. The van der Waals surface area contributed by atoms with Crippen LogP contribution in [0, 0.1) is 0 Å². The highest BCUT2D eigenvalue weighted by molar-refractivity contribution is 5.77. The van der Waals surface area contributed by atoms with Crippen LogP contribution in [0.3, 0.4) is 0 Å². The van der Waals surface area contributed by atoms with Crippen LogP contribution in [0.25, 0.3) is 50.8 Å². The minimum atomic E-state index is 0.495. The highest BCUT2D eigenvalue weighted by Gasteiger charge is 2.18. The van der Waals surface area contributed by atoms with Crippen LogP contribution < -0.4 is 14.7 Å². The van der Waals surface area contributed by atoms with E-state index in [0.717, 1.165) is 50.8 Å². The van der Waals surface area contributed by atoms with Crippen molar-refractivity contribution in [3.05, 3.63) is 110 Å². The van der Waals surface area contributed by atoms with E-state index in [1.165, 1.54) is 0 Å². The van der Waals surface area contributed by atoms with Gasteiger partial charge < -0.3 is 85.8 Å². The van der Waals surface area contributed by atoms with E-state index in [9.17, 15) is 0 Å². The third kappa shape index (κ3) is 23.5. The summed E-state index contributed by atoms with van der Waals surface area (Å²) in [6, 6.07) is 30.9. The van der Waals surface area contributed by atoms with Gasteiger partial charge in [0.1, 0.15) is 17.1 Å². The molecule has 0 aliphatic carbocycles. The van der Waals surface area contributed by atoms with Crippen LogP contribution in [-0.4, -0.2) is 282 Å². The summed E-state index contributed by atoms with van der Waals surface area (Å²) in [4.78, 5) is 6.76. The lowest BCUT2D eigenvalue weighted by Gasteiger charge is -2.25. The molecule has 3 aliphatic rings. The normalized spacial score (nSPS) is 19.3. The first-order valence-corrected chi connectivity index (χ1v) is 32.4. The first-order chi connectivity index (χ1) is 46.2. The van der Waals surface area contributed by atoms with Gasteiger partial charge in [-0.3, -0.25) is 0 Å². The first kappa shape index (κ1) is 68.9. The summed E-state index contributed by atoms with van der Waals surface area (Å²) in [5, 5.41) is 28.1. The lowest BCUT2D eigenvalue weighted by Crippen LogP contribution is -2.31. The van der Waals surface area contributed by atoms with E-state index in [1.807, 2.05) is 73.2 Å². The molecule has 3 aliphatic heterocycles. The molecule has 0 atom stereocenters. The SMILES string of the molecule is c1c(-c2cn(-c3ccc(N4CCOCCOCCOCCOCCOCC4)cc3)nn2)cc(-c2cn(-c3ccc(N4CCOCCOCCOCCOCCOCC4)cc3)nn2)cc1-c1cn(-c2ccc(N3CCOCCOCCOCCOCCOCC3)cc2)nn1. The zero-order valence-corrected chi connectivity index (χ0v) is 53.3. The van der Waals surface area contributed by atoms with Crippen molar-refractivity contribution in [2.24, 2.45) is 0 Å². The number of ether oxygens (including phenoxy) is 15. The molecule has 3 aromatic heterocycles. The lowest BCUT2D eigenvalue weighted by molar-refractivity contribution is -0.0116. The molecule has 27 nitrogen and oxygen atoms in total. The number of rotatable bonds is 9. The Kier molecular flexibility index (Phi) is 29.9. The lowest BCUT2D eigenvalue weighted by atomic mass is 10.0. The van der Waals surface area contributed by atoms with E-state index in [4.69, 9.17) is 86.3 Å². The average molecular weight is 1290 g/mol. The molecule has 0 spiro atoms. The van der Waals surface area contributed by atoms with E-state index >= 15 is 0 Å². The van der Waals surface area contributed by atoms with Gasteiger partial charge in [0, 0.05) is 73.0 Å². The highest BCUT2D eigenvalue weighted by atomic mass is 16.6. The van der Waals surface area contributed by atoms with Crippen molar-refractivity contribution in [2.75, 3.05) is 252 Å². The largest absolute Gasteiger partial charge is 0.377 e. The zero-order valence-electron chi connectivity index (χ0n) is 53.3. The summed E-state index contributed by atoms with van der Waals surface area (Å²) in [5.74, 6) is 0. The van der Waals surface area contributed by atoms with Gasteiger partial charge in [-0.15, -0.1) is 15.3 Å². The van der Waals surface area contributed by atoms with E-state index < -0.39 is 0 Å². The Morgan fingerprint density at radius 2 is 0.366 bits per heavy atom. The van der Waals surface area contributed by atoms with Gasteiger partial charge in [0.2, 0.25) is 0 Å². The summed E-state index contributed by atoms with van der Waals surface area (Å²) in [5.41, 5.74) is 9.91. The Balaban J connectivity index is 0.867. The van der Waals surface area contributed by atoms with Gasteiger partial charge in [0.25, 0.3) is 0 Å². The van der Waals surface area contributed by atoms with Crippen molar-refractivity contribution in [1.29, 1.82) is 0 Å². The Labute approximate surface area is 543 Å². The van der Waals surface area contributed by atoms with Crippen molar-refractivity contribution < 1.29 is 71.1 Å². The summed E-state index contributed by atoms with van der Waals surface area (Å²) in [7, 11) is 0. The summed E-state index contributed by atoms with van der Waals surface area (Å²) >= 11 is 0. The molecule has 0 bridgehead atoms. The van der Waals surface area contributed by atoms with Crippen LogP contribution in [0.15, 0.2) is 110 Å². The van der Waals surface area contributed by atoms with Gasteiger partial charge in [-0.2, -0.15) is 0 Å². The second-order valence-corrected chi connectivity index (χ2v) is 21.6. The molecule has 93 heavy (non-hydrogen) atoms. The van der Waals surface area contributed by atoms with E-state index in [1.54, 1.807) is 14.0 Å². The maximum Gasteiger partial charge on any atom is 0.113 e. The molecule has 0 saturated carbocycles. The number of anilines is 3. The van der Waals surface area contributed by atoms with Gasteiger partial charge in [0.15, 0.2) is 0 Å². The topological polar surface area (TPSA) is 240 Å². The van der Waals surface area contributed by atoms with Crippen LogP contribution in [0.2, 0.25) is 0 Å². The van der Waals surface area contributed by atoms with Crippen LogP contribution in [0.4, 0.5) is 17.1 Å².